The summed E-state index contributed by atoms with van der Waals surface area (Å²) in [7, 11) is 0. The van der Waals surface area contributed by atoms with Gasteiger partial charge in [0.05, 0.1) is 10.7 Å². The lowest BCUT2D eigenvalue weighted by molar-refractivity contribution is -0.105. The van der Waals surface area contributed by atoms with Gasteiger partial charge in [0.1, 0.15) is 5.82 Å². The van der Waals surface area contributed by atoms with Gasteiger partial charge in [0.2, 0.25) is 6.41 Å². The van der Waals surface area contributed by atoms with Crippen LogP contribution in [0.25, 0.3) is 0 Å². The third kappa shape index (κ3) is 3.26. The molecule has 0 aliphatic heterocycles. The lowest BCUT2D eigenvalue weighted by Crippen LogP contribution is -2.16. The fourth-order valence-electron chi connectivity index (χ4n) is 1.39. The summed E-state index contributed by atoms with van der Waals surface area (Å²) in [6, 6.07) is 6.36. The number of aromatic nitrogens is 2. The first-order valence-corrected chi connectivity index (χ1v) is 5.66. The van der Waals surface area contributed by atoms with Gasteiger partial charge in [0.25, 0.3) is 5.91 Å². The monoisotopic (exact) mass is 276 g/mol. The minimum Gasteiger partial charge on any atom is -0.327 e. The summed E-state index contributed by atoms with van der Waals surface area (Å²) in [4.78, 5) is 30.3. The molecule has 0 radical (unpaired) electrons. The number of amides is 2. The van der Waals surface area contributed by atoms with Gasteiger partial charge in [0, 0.05) is 12.4 Å². The highest BCUT2D eigenvalue weighted by Gasteiger charge is 2.13. The van der Waals surface area contributed by atoms with Crippen molar-refractivity contribution in [2.24, 2.45) is 0 Å². The molecule has 0 bridgehead atoms. The van der Waals surface area contributed by atoms with Gasteiger partial charge in [-0.15, -0.1) is 0 Å². The Morgan fingerprint density at radius 1 is 1.26 bits per heavy atom. The molecule has 2 amide bonds. The van der Waals surface area contributed by atoms with Gasteiger partial charge in [-0.1, -0.05) is 11.6 Å². The second-order valence-corrected chi connectivity index (χ2v) is 3.91. The molecule has 2 aromatic heterocycles. The molecule has 2 heterocycles. The lowest BCUT2D eigenvalue weighted by Gasteiger charge is -2.07. The van der Waals surface area contributed by atoms with Crippen molar-refractivity contribution < 1.29 is 9.59 Å². The molecule has 0 fully saturated rings. The van der Waals surface area contributed by atoms with E-state index in [1.807, 2.05) is 0 Å². The Labute approximate surface area is 113 Å². The third-order valence-electron chi connectivity index (χ3n) is 2.21. The standard InChI is InChI=1S/C12H9ClN4O2/c13-8-3-4-10(15-6-8)17-12(19)11-9(16-7-18)2-1-5-14-11/h1-7H,(H,16,18)(H,15,17,19). The summed E-state index contributed by atoms with van der Waals surface area (Å²) in [5, 5.41) is 5.44. The van der Waals surface area contributed by atoms with E-state index in [1.54, 1.807) is 24.3 Å². The van der Waals surface area contributed by atoms with Crippen molar-refractivity contribution in [3.63, 3.8) is 0 Å². The molecular formula is C12H9ClN4O2. The second kappa shape index (κ2) is 5.92. The van der Waals surface area contributed by atoms with Crippen molar-refractivity contribution in [3.8, 4) is 0 Å². The number of nitrogens with zero attached hydrogens (tertiary/aromatic N) is 2. The van der Waals surface area contributed by atoms with E-state index in [-0.39, 0.29) is 5.69 Å². The molecule has 19 heavy (non-hydrogen) atoms. The van der Waals surface area contributed by atoms with Crippen LogP contribution < -0.4 is 10.6 Å². The summed E-state index contributed by atoms with van der Waals surface area (Å²) in [6.45, 7) is 0. The number of carbonyl (C=O) groups is 2. The summed E-state index contributed by atoms with van der Waals surface area (Å²) in [5.41, 5.74) is 0.426. The fourth-order valence-corrected chi connectivity index (χ4v) is 1.50. The topological polar surface area (TPSA) is 84.0 Å². The molecule has 96 valence electrons. The van der Waals surface area contributed by atoms with Crippen molar-refractivity contribution in [3.05, 3.63) is 47.4 Å². The van der Waals surface area contributed by atoms with E-state index in [2.05, 4.69) is 20.6 Å². The molecule has 2 N–H and O–H groups in total. The number of nitrogens with one attached hydrogen (secondary N) is 2. The predicted molar refractivity (Wildman–Crippen MR) is 71.1 cm³/mol. The van der Waals surface area contributed by atoms with Gasteiger partial charge >= 0.3 is 0 Å². The van der Waals surface area contributed by atoms with E-state index < -0.39 is 5.91 Å². The molecule has 0 aromatic carbocycles. The molecule has 7 heteroatoms. The van der Waals surface area contributed by atoms with Crippen molar-refractivity contribution in [2.45, 2.75) is 0 Å². The van der Waals surface area contributed by atoms with Crippen LogP contribution in [0.4, 0.5) is 11.5 Å². The summed E-state index contributed by atoms with van der Waals surface area (Å²) in [6.07, 6.45) is 3.36. The fraction of sp³-hybridized carbons (Fsp3) is 0. The maximum Gasteiger partial charge on any atom is 0.277 e. The molecule has 6 nitrogen and oxygen atoms in total. The van der Waals surface area contributed by atoms with Crippen LogP contribution in [0.1, 0.15) is 10.5 Å². The highest BCUT2D eigenvalue weighted by atomic mass is 35.5. The first-order chi connectivity index (χ1) is 9.20. The van der Waals surface area contributed by atoms with Crippen molar-refractivity contribution >= 4 is 35.4 Å². The molecule has 2 rings (SSSR count). The van der Waals surface area contributed by atoms with Crippen LogP contribution >= 0.6 is 11.6 Å². The van der Waals surface area contributed by atoms with Crippen LogP contribution in [-0.4, -0.2) is 22.3 Å². The van der Waals surface area contributed by atoms with Crippen molar-refractivity contribution in [2.75, 3.05) is 10.6 Å². The Hall–Kier alpha value is -2.47. The van der Waals surface area contributed by atoms with Gasteiger partial charge < -0.3 is 10.6 Å². The average Bonchev–Trinajstić information content (AvgIpc) is 2.42. The molecule has 0 saturated heterocycles. The number of rotatable bonds is 4. The molecule has 0 spiro atoms. The summed E-state index contributed by atoms with van der Waals surface area (Å²) >= 11 is 5.70. The van der Waals surface area contributed by atoms with Crippen LogP contribution in [0.3, 0.4) is 0 Å². The van der Waals surface area contributed by atoms with Crippen LogP contribution in [0.5, 0.6) is 0 Å². The van der Waals surface area contributed by atoms with Crippen LogP contribution in [-0.2, 0) is 4.79 Å². The Kier molecular flexibility index (Phi) is 4.04. The van der Waals surface area contributed by atoms with E-state index in [4.69, 9.17) is 11.6 Å². The van der Waals surface area contributed by atoms with E-state index in [0.29, 0.717) is 22.9 Å². The van der Waals surface area contributed by atoms with Gasteiger partial charge in [-0.2, -0.15) is 0 Å². The molecular weight excluding hydrogens is 268 g/mol. The molecule has 0 unspecified atom stereocenters. The minimum atomic E-state index is -0.472. The highest BCUT2D eigenvalue weighted by molar-refractivity contribution is 6.30. The number of pyridine rings is 2. The van der Waals surface area contributed by atoms with Gasteiger partial charge in [-0.25, -0.2) is 9.97 Å². The molecule has 0 atom stereocenters. The number of anilines is 2. The first-order valence-electron chi connectivity index (χ1n) is 5.29. The van der Waals surface area contributed by atoms with Gasteiger partial charge in [-0.3, -0.25) is 9.59 Å². The first kappa shape index (κ1) is 13.0. The molecule has 0 aliphatic rings. The zero-order valence-electron chi connectivity index (χ0n) is 9.63. The Morgan fingerprint density at radius 3 is 2.79 bits per heavy atom. The van der Waals surface area contributed by atoms with E-state index in [9.17, 15) is 9.59 Å². The maximum absolute atomic E-state index is 12.0. The van der Waals surface area contributed by atoms with E-state index in [0.717, 1.165) is 0 Å². The number of hydrogen-bond acceptors (Lipinski definition) is 4. The normalized spacial score (nSPS) is 9.74. The van der Waals surface area contributed by atoms with Crippen LogP contribution in [0, 0.1) is 0 Å². The summed E-state index contributed by atoms with van der Waals surface area (Å²) in [5.74, 6) is -0.128. The van der Waals surface area contributed by atoms with Crippen LogP contribution in [0.15, 0.2) is 36.7 Å². The Morgan fingerprint density at radius 2 is 2.11 bits per heavy atom. The highest BCUT2D eigenvalue weighted by Crippen LogP contribution is 2.14. The van der Waals surface area contributed by atoms with Crippen LogP contribution in [0.2, 0.25) is 5.02 Å². The minimum absolute atomic E-state index is 0.103. The Bertz CT molecular complexity index is 601. The van der Waals surface area contributed by atoms with E-state index >= 15 is 0 Å². The maximum atomic E-state index is 12.0. The van der Waals surface area contributed by atoms with Crippen molar-refractivity contribution in [1.29, 1.82) is 0 Å². The predicted octanol–water partition coefficient (Wildman–Crippen LogP) is 1.95. The lowest BCUT2D eigenvalue weighted by atomic mass is 10.3. The summed E-state index contributed by atoms with van der Waals surface area (Å²) < 4.78 is 0. The van der Waals surface area contributed by atoms with Gasteiger partial charge in [-0.05, 0) is 24.3 Å². The number of halogens is 1. The average molecular weight is 277 g/mol. The molecule has 2 aromatic rings. The van der Waals surface area contributed by atoms with Crippen molar-refractivity contribution in [1.82, 2.24) is 9.97 Å². The zero-order chi connectivity index (χ0) is 13.7. The SMILES string of the molecule is O=CNc1cccnc1C(=O)Nc1ccc(Cl)cn1. The largest absolute Gasteiger partial charge is 0.327 e. The number of hydrogen-bond donors (Lipinski definition) is 2. The third-order valence-corrected chi connectivity index (χ3v) is 2.43. The number of carbonyl (C=O) groups excluding carboxylic acids is 2. The molecule has 0 aliphatic carbocycles. The Balaban J connectivity index is 2.20. The van der Waals surface area contributed by atoms with E-state index in [1.165, 1.54) is 12.4 Å². The quantitative estimate of drug-likeness (QED) is 0.836. The van der Waals surface area contributed by atoms with Gasteiger partial charge in [0.15, 0.2) is 5.69 Å². The smallest absolute Gasteiger partial charge is 0.277 e. The molecule has 0 saturated carbocycles. The second-order valence-electron chi connectivity index (χ2n) is 3.48. The zero-order valence-corrected chi connectivity index (χ0v) is 10.4.